The van der Waals surface area contributed by atoms with E-state index in [1.165, 1.54) is 0 Å². The first-order valence-corrected chi connectivity index (χ1v) is 9.41. The van der Waals surface area contributed by atoms with Crippen molar-refractivity contribution < 1.29 is 4.79 Å². The van der Waals surface area contributed by atoms with Crippen LogP contribution >= 0.6 is 36.2 Å². The fourth-order valence-electron chi connectivity index (χ4n) is 3.38. The third-order valence-electron chi connectivity index (χ3n) is 4.60. The Bertz CT molecular complexity index is 918. The lowest BCUT2D eigenvalue weighted by Crippen LogP contribution is -2.34. The summed E-state index contributed by atoms with van der Waals surface area (Å²) in [6, 6.07) is 5.97. The van der Waals surface area contributed by atoms with Crippen molar-refractivity contribution in [2.75, 3.05) is 26.2 Å². The maximum Gasteiger partial charge on any atom is 0.254 e. The van der Waals surface area contributed by atoms with Gasteiger partial charge in [0, 0.05) is 26.7 Å². The lowest BCUT2D eigenvalue weighted by molar-refractivity contribution is 0.0768. The van der Waals surface area contributed by atoms with E-state index >= 15 is 0 Å². The van der Waals surface area contributed by atoms with Crippen molar-refractivity contribution in [2.45, 2.75) is 13.3 Å². The molecule has 3 aromatic heterocycles. The molecule has 1 aliphatic heterocycles. The zero-order valence-electron chi connectivity index (χ0n) is 15.3. The summed E-state index contributed by atoms with van der Waals surface area (Å²) in [5, 5.41) is 10.7. The molecule has 146 valence electrons. The Morgan fingerprint density at radius 3 is 2.81 bits per heavy atom. The van der Waals surface area contributed by atoms with Crippen molar-refractivity contribution in [3.05, 3.63) is 34.8 Å². The highest BCUT2D eigenvalue weighted by molar-refractivity contribution is 7.13. The van der Waals surface area contributed by atoms with Gasteiger partial charge in [0.2, 0.25) is 0 Å². The summed E-state index contributed by atoms with van der Waals surface area (Å²) in [5.74, 6) is 0.0741. The number of nitrogens with zero attached hydrogens (tertiary/aromatic N) is 4. The number of fused-ring (bicyclic) bond motifs is 1. The second-order valence-corrected chi connectivity index (χ2v) is 7.28. The molecule has 27 heavy (non-hydrogen) atoms. The Labute approximate surface area is 174 Å². The summed E-state index contributed by atoms with van der Waals surface area (Å²) in [6.45, 7) is 5.25. The van der Waals surface area contributed by atoms with Gasteiger partial charge < -0.3 is 10.2 Å². The van der Waals surface area contributed by atoms with Crippen LogP contribution < -0.4 is 5.32 Å². The van der Waals surface area contributed by atoms with Gasteiger partial charge in [-0.05, 0) is 37.4 Å². The molecule has 0 bridgehead atoms. The number of carbonyl (C=O) groups is 1. The quantitative estimate of drug-likeness (QED) is 0.681. The minimum absolute atomic E-state index is 0. The SMILES string of the molecule is Cc1nn(C)c2nc(-c3cccs3)cc(C(=O)N3CCCNCC3)c12.Cl.Cl. The molecule has 6 nitrogen and oxygen atoms in total. The molecule has 1 saturated heterocycles. The van der Waals surface area contributed by atoms with E-state index in [-0.39, 0.29) is 30.7 Å². The van der Waals surface area contributed by atoms with E-state index in [1.54, 1.807) is 16.0 Å². The third-order valence-corrected chi connectivity index (χ3v) is 5.49. The van der Waals surface area contributed by atoms with Crippen LogP contribution in [-0.4, -0.2) is 51.8 Å². The molecule has 0 spiro atoms. The van der Waals surface area contributed by atoms with E-state index in [0.29, 0.717) is 5.56 Å². The number of aromatic nitrogens is 3. The number of pyridine rings is 1. The van der Waals surface area contributed by atoms with Crippen molar-refractivity contribution in [3.63, 3.8) is 0 Å². The highest BCUT2D eigenvalue weighted by Gasteiger charge is 2.24. The lowest BCUT2D eigenvalue weighted by Gasteiger charge is -2.20. The van der Waals surface area contributed by atoms with Gasteiger partial charge in [-0.15, -0.1) is 36.2 Å². The molecule has 0 unspecified atom stereocenters. The molecular weight excluding hydrogens is 405 g/mol. The van der Waals surface area contributed by atoms with Crippen LogP contribution in [0.15, 0.2) is 23.6 Å². The minimum atomic E-state index is 0. The van der Waals surface area contributed by atoms with Gasteiger partial charge >= 0.3 is 0 Å². The molecule has 0 aromatic carbocycles. The zero-order valence-corrected chi connectivity index (χ0v) is 17.7. The maximum absolute atomic E-state index is 13.3. The number of hydrogen-bond donors (Lipinski definition) is 1. The number of halogens is 2. The third kappa shape index (κ3) is 4.11. The van der Waals surface area contributed by atoms with Gasteiger partial charge in [0.25, 0.3) is 5.91 Å². The lowest BCUT2D eigenvalue weighted by atomic mass is 10.1. The normalized spacial score (nSPS) is 14.4. The molecule has 1 fully saturated rings. The summed E-state index contributed by atoms with van der Waals surface area (Å²) in [5.41, 5.74) is 3.15. The number of rotatable bonds is 2. The minimum Gasteiger partial charge on any atom is -0.337 e. The van der Waals surface area contributed by atoms with Crippen LogP contribution in [0.1, 0.15) is 22.5 Å². The zero-order chi connectivity index (χ0) is 17.4. The molecular formula is C18H23Cl2N5OS. The molecule has 0 atom stereocenters. The van der Waals surface area contributed by atoms with Crippen LogP contribution in [-0.2, 0) is 7.05 Å². The van der Waals surface area contributed by atoms with Crippen LogP contribution in [0.2, 0.25) is 0 Å². The summed E-state index contributed by atoms with van der Waals surface area (Å²) < 4.78 is 1.77. The number of carbonyl (C=O) groups excluding carboxylic acids is 1. The smallest absolute Gasteiger partial charge is 0.254 e. The number of amides is 1. The molecule has 1 amide bonds. The largest absolute Gasteiger partial charge is 0.337 e. The highest BCUT2D eigenvalue weighted by Crippen LogP contribution is 2.30. The van der Waals surface area contributed by atoms with Crippen LogP contribution in [0.3, 0.4) is 0 Å². The van der Waals surface area contributed by atoms with Crippen molar-refractivity contribution in [1.82, 2.24) is 25.0 Å². The first-order chi connectivity index (χ1) is 12.1. The Balaban J connectivity index is 0.00000131. The first-order valence-electron chi connectivity index (χ1n) is 8.53. The van der Waals surface area contributed by atoms with Crippen LogP contribution in [0.5, 0.6) is 0 Å². The number of hydrogen-bond acceptors (Lipinski definition) is 5. The molecule has 0 aliphatic carbocycles. The molecule has 0 saturated carbocycles. The molecule has 9 heteroatoms. The van der Waals surface area contributed by atoms with Gasteiger partial charge in [-0.3, -0.25) is 9.48 Å². The maximum atomic E-state index is 13.3. The van der Waals surface area contributed by atoms with Crippen molar-refractivity contribution in [1.29, 1.82) is 0 Å². The second kappa shape index (κ2) is 9.01. The van der Waals surface area contributed by atoms with Gasteiger partial charge in [0.15, 0.2) is 5.65 Å². The standard InChI is InChI=1S/C18H21N5OS.2ClH/c1-12-16-13(18(24)23-8-4-6-19-7-9-23)11-14(15-5-3-10-25-15)20-17(16)22(2)21-12;;/h3,5,10-11,19H,4,6-9H2,1-2H3;2*1H. The predicted molar refractivity (Wildman–Crippen MR) is 114 cm³/mol. The van der Waals surface area contributed by atoms with Crippen molar-refractivity contribution in [3.8, 4) is 10.6 Å². The highest BCUT2D eigenvalue weighted by atomic mass is 35.5. The Morgan fingerprint density at radius 1 is 1.26 bits per heavy atom. The molecule has 1 N–H and O–H groups in total. The van der Waals surface area contributed by atoms with Crippen molar-refractivity contribution in [2.24, 2.45) is 7.05 Å². The molecule has 4 rings (SSSR count). The predicted octanol–water partition coefficient (Wildman–Crippen LogP) is 3.28. The summed E-state index contributed by atoms with van der Waals surface area (Å²) >= 11 is 1.63. The topological polar surface area (TPSA) is 63.1 Å². The van der Waals surface area contributed by atoms with Gasteiger partial charge in [0.1, 0.15) is 0 Å². The van der Waals surface area contributed by atoms with E-state index < -0.39 is 0 Å². The number of aryl methyl sites for hydroxylation is 2. The van der Waals surface area contributed by atoms with Crippen LogP contribution in [0.25, 0.3) is 21.6 Å². The van der Waals surface area contributed by atoms with Crippen LogP contribution in [0, 0.1) is 6.92 Å². The second-order valence-electron chi connectivity index (χ2n) is 6.34. The molecule has 1 aliphatic rings. The van der Waals surface area contributed by atoms with Crippen molar-refractivity contribution >= 4 is 53.1 Å². The monoisotopic (exact) mass is 427 g/mol. The number of nitrogens with one attached hydrogen (secondary N) is 1. The Hall–Kier alpha value is -1.67. The van der Waals surface area contributed by atoms with Crippen LogP contribution in [0.4, 0.5) is 0 Å². The molecule has 4 heterocycles. The first kappa shape index (κ1) is 21.6. The summed E-state index contributed by atoms with van der Waals surface area (Å²) in [4.78, 5) is 21.1. The number of thiophene rings is 1. The Kier molecular flexibility index (Phi) is 7.22. The van der Waals surface area contributed by atoms with E-state index in [9.17, 15) is 4.79 Å². The van der Waals surface area contributed by atoms with E-state index in [1.807, 2.05) is 42.5 Å². The fraction of sp³-hybridized carbons (Fsp3) is 0.389. The summed E-state index contributed by atoms with van der Waals surface area (Å²) in [6.07, 6.45) is 0.976. The van der Waals surface area contributed by atoms with E-state index in [2.05, 4.69) is 10.4 Å². The average molecular weight is 428 g/mol. The molecule has 0 radical (unpaired) electrons. The summed E-state index contributed by atoms with van der Waals surface area (Å²) in [7, 11) is 1.88. The van der Waals surface area contributed by atoms with Gasteiger partial charge in [-0.1, -0.05) is 6.07 Å². The van der Waals surface area contributed by atoms with E-state index in [4.69, 9.17) is 4.98 Å². The van der Waals surface area contributed by atoms with Gasteiger partial charge in [-0.25, -0.2) is 4.98 Å². The van der Waals surface area contributed by atoms with E-state index in [0.717, 1.165) is 59.9 Å². The van der Waals surface area contributed by atoms with Gasteiger partial charge in [0.05, 0.1) is 27.2 Å². The fourth-order valence-corrected chi connectivity index (χ4v) is 4.07. The Morgan fingerprint density at radius 2 is 2.07 bits per heavy atom. The average Bonchev–Trinajstić information content (AvgIpc) is 3.14. The molecule has 3 aromatic rings. The van der Waals surface area contributed by atoms with Gasteiger partial charge in [-0.2, -0.15) is 5.10 Å².